The van der Waals surface area contributed by atoms with Crippen molar-refractivity contribution in [2.75, 3.05) is 0 Å². The molecule has 0 aliphatic carbocycles. The molecule has 0 bridgehead atoms. The van der Waals surface area contributed by atoms with E-state index in [-0.39, 0.29) is 12.2 Å². The second kappa shape index (κ2) is 5.47. The molecule has 0 unspecified atom stereocenters. The van der Waals surface area contributed by atoms with Crippen molar-refractivity contribution in [2.45, 2.75) is 11.4 Å². The number of nitro groups is 1. The fourth-order valence-electron chi connectivity index (χ4n) is 1.61. The Morgan fingerprint density at radius 1 is 1.52 bits per heavy atom. The summed E-state index contributed by atoms with van der Waals surface area (Å²) in [6.07, 6.45) is 2.36. The molecule has 0 radical (unpaired) electrons. The van der Waals surface area contributed by atoms with E-state index in [0.717, 1.165) is 10.9 Å². The Bertz CT molecular complexity index is 855. The van der Waals surface area contributed by atoms with Crippen LogP contribution in [0.25, 0.3) is 0 Å². The average Bonchev–Trinajstić information content (AvgIpc) is 2.83. The van der Waals surface area contributed by atoms with E-state index >= 15 is 0 Å². The minimum Gasteiger partial charge on any atom is -0.358 e. The van der Waals surface area contributed by atoms with Crippen LogP contribution in [0.4, 0.5) is 5.82 Å². The van der Waals surface area contributed by atoms with Crippen LogP contribution in [-0.2, 0) is 15.6 Å². The maximum atomic E-state index is 11.3. The lowest BCUT2D eigenvalue weighted by atomic mass is 10.2. The van der Waals surface area contributed by atoms with E-state index in [4.69, 9.17) is 15.9 Å². The number of hydrogen-bond acceptors (Lipinski definition) is 7. The van der Waals surface area contributed by atoms with Gasteiger partial charge in [0.05, 0.1) is 17.8 Å². The summed E-state index contributed by atoms with van der Waals surface area (Å²) in [5.74, 6) is -0.868. The lowest BCUT2D eigenvalue weighted by Crippen LogP contribution is -2.04. The van der Waals surface area contributed by atoms with E-state index in [1.165, 1.54) is 6.20 Å². The van der Waals surface area contributed by atoms with Crippen LogP contribution in [-0.4, -0.2) is 28.1 Å². The molecule has 11 heteroatoms. The van der Waals surface area contributed by atoms with E-state index in [9.17, 15) is 18.5 Å². The van der Waals surface area contributed by atoms with Crippen molar-refractivity contribution in [1.29, 1.82) is 5.26 Å². The molecule has 0 saturated carbocycles. The molecule has 2 aromatic heterocycles. The van der Waals surface area contributed by atoms with Gasteiger partial charge in [0.15, 0.2) is 0 Å². The number of pyridine rings is 1. The fraction of sp³-hybridized carbons (Fsp3) is 0.100. The van der Waals surface area contributed by atoms with Crippen LogP contribution >= 0.6 is 10.7 Å². The van der Waals surface area contributed by atoms with E-state index in [1.807, 2.05) is 6.07 Å². The van der Waals surface area contributed by atoms with Gasteiger partial charge in [-0.1, -0.05) is 6.07 Å². The van der Waals surface area contributed by atoms with Crippen LogP contribution in [0.15, 0.2) is 29.4 Å². The molecule has 2 aromatic rings. The van der Waals surface area contributed by atoms with Gasteiger partial charge in [-0.2, -0.15) is 9.94 Å². The van der Waals surface area contributed by atoms with Gasteiger partial charge in [0.25, 0.3) is 9.05 Å². The Morgan fingerprint density at radius 3 is 2.76 bits per heavy atom. The zero-order valence-electron chi connectivity index (χ0n) is 10.2. The van der Waals surface area contributed by atoms with E-state index in [0.29, 0.717) is 5.56 Å². The van der Waals surface area contributed by atoms with Crippen LogP contribution in [0.3, 0.4) is 0 Å². The number of nitrogens with zero attached hydrogens (tertiary/aromatic N) is 5. The van der Waals surface area contributed by atoms with Crippen molar-refractivity contribution in [3.05, 3.63) is 45.9 Å². The zero-order valence-corrected chi connectivity index (χ0v) is 11.7. The zero-order chi connectivity index (χ0) is 15.6. The predicted molar refractivity (Wildman–Crippen MR) is 70.0 cm³/mol. The van der Waals surface area contributed by atoms with Gasteiger partial charge in [0.2, 0.25) is 4.90 Å². The molecule has 0 fully saturated rings. The average molecular weight is 328 g/mol. The van der Waals surface area contributed by atoms with Gasteiger partial charge < -0.3 is 10.1 Å². The highest BCUT2D eigenvalue weighted by molar-refractivity contribution is 8.13. The Morgan fingerprint density at radius 2 is 2.24 bits per heavy atom. The van der Waals surface area contributed by atoms with Gasteiger partial charge in [0, 0.05) is 22.4 Å². The molecular formula is C10H6ClN5O4S. The second-order valence-corrected chi connectivity index (χ2v) is 6.37. The van der Waals surface area contributed by atoms with Gasteiger partial charge in [-0.05, 0) is 11.0 Å². The Labute approximate surface area is 123 Å². The third-order valence-electron chi connectivity index (χ3n) is 2.47. The minimum atomic E-state index is -4.30. The van der Waals surface area contributed by atoms with Crippen molar-refractivity contribution in [3.63, 3.8) is 0 Å². The Kier molecular flexibility index (Phi) is 3.88. The van der Waals surface area contributed by atoms with Gasteiger partial charge in [-0.3, -0.25) is 0 Å². The highest BCUT2D eigenvalue weighted by Gasteiger charge is 2.30. The first-order chi connectivity index (χ1) is 9.82. The molecule has 0 aliphatic rings. The molecule has 108 valence electrons. The van der Waals surface area contributed by atoms with Crippen LogP contribution < -0.4 is 0 Å². The molecular weight excluding hydrogens is 322 g/mol. The third kappa shape index (κ3) is 3.15. The number of halogens is 1. The summed E-state index contributed by atoms with van der Waals surface area (Å²) >= 11 is 0. The van der Waals surface area contributed by atoms with Crippen molar-refractivity contribution < 1.29 is 13.3 Å². The number of rotatable bonds is 4. The number of hydrogen-bond donors (Lipinski definition) is 0. The van der Waals surface area contributed by atoms with Crippen LogP contribution in [0, 0.1) is 21.4 Å². The highest BCUT2D eigenvalue weighted by atomic mass is 35.7. The summed E-state index contributed by atoms with van der Waals surface area (Å²) in [6, 6.07) is 5.01. The van der Waals surface area contributed by atoms with Crippen molar-refractivity contribution in [2.24, 2.45) is 0 Å². The summed E-state index contributed by atoms with van der Waals surface area (Å²) in [4.78, 5) is 13.0. The monoisotopic (exact) mass is 327 g/mol. The molecule has 0 atom stereocenters. The van der Waals surface area contributed by atoms with Gasteiger partial charge in [0.1, 0.15) is 11.8 Å². The molecule has 0 aromatic carbocycles. The SMILES string of the molecule is N#Cc1ncccc1Cn1cc(S(=O)(=O)Cl)c([N+](=O)[O-])n1. The van der Waals surface area contributed by atoms with Gasteiger partial charge >= 0.3 is 5.82 Å². The molecule has 9 nitrogen and oxygen atoms in total. The number of aromatic nitrogens is 3. The quantitative estimate of drug-likeness (QED) is 0.465. The minimum absolute atomic E-state index is 0.0516. The Balaban J connectivity index is 2.48. The van der Waals surface area contributed by atoms with E-state index in [2.05, 4.69) is 10.1 Å². The molecule has 0 amide bonds. The molecule has 0 saturated heterocycles. The molecule has 0 spiro atoms. The van der Waals surface area contributed by atoms with Crippen molar-refractivity contribution >= 4 is 25.6 Å². The lowest BCUT2D eigenvalue weighted by molar-refractivity contribution is -0.392. The van der Waals surface area contributed by atoms with Crippen LogP contribution in [0.1, 0.15) is 11.3 Å². The number of nitriles is 1. The normalized spacial score (nSPS) is 11.0. The van der Waals surface area contributed by atoms with Crippen LogP contribution in [0.2, 0.25) is 0 Å². The summed E-state index contributed by atoms with van der Waals surface area (Å²) in [6.45, 7) is -0.0516. The van der Waals surface area contributed by atoms with Crippen LogP contribution in [0.5, 0.6) is 0 Å². The topological polar surface area (TPSA) is 132 Å². The predicted octanol–water partition coefficient (Wildman–Crippen LogP) is 1.03. The third-order valence-corrected chi connectivity index (χ3v) is 3.79. The first-order valence-corrected chi connectivity index (χ1v) is 7.64. The summed E-state index contributed by atoms with van der Waals surface area (Å²) < 4.78 is 23.6. The summed E-state index contributed by atoms with van der Waals surface area (Å²) in [7, 11) is 0.833. The molecule has 2 heterocycles. The fourth-order valence-corrected chi connectivity index (χ4v) is 2.52. The van der Waals surface area contributed by atoms with E-state index in [1.54, 1.807) is 12.1 Å². The molecule has 21 heavy (non-hydrogen) atoms. The first kappa shape index (κ1) is 14.9. The maximum absolute atomic E-state index is 11.3. The largest absolute Gasteiger partial charge is 0.410 e. The molecule has 2 rings (SSSR count). The maximum Gasteiger partial charge on any atom is 0.410 e. The smallest absolute Gasteiger partial charge is 0.358 e. The van der Waals surface area contributed by atoms with E-state index < -0.39 is 24.7 Å². The highest BCUT2D eigenvalue weighted by Crippen LogP contribution is 2.25. The van der Waals surface area contributed by atoms with Gasteiger partial charge in [-0.15, -0.1) is 0 Å². The standard InChI is InChI=1S/C10H6ClN5O4S/c11-21(19,20)9-6-15(14-10(9)16(17)18)5-7-2-1-3-13-8(7)4-12/h1-3,6H,5H2. The molecule has 0 aliphatic heterocycles. The Hall–Kier alpha value is -2.51. The van der Waals surface area contributed by atoms with Crippen molar-refractivity contribution in [1.82, 2.24) is 14.8 Å². The summed E-state index contributed by atoms with van der Waals surface area (Å²) in [5.41, 5.74) is 0.557. The first-order valence-electron chi connectivity index (χ1n) is 5.33. The summed E-state index contributed by atoms with van der Waals surface area (Å²) in [5, 5.41) is 23.3. The van der Waals surface area contributed by atoms with Gasteiger partial charge in [-0.25, -0.2) is 13.4 Å². The molecule has 0 N–H and O–H groups in total. The second-order valence-electron chi connectivity index (χ2n) is 3.83. The van der Waals surface area contributed by atoms with Crippen molar-refractivity contribution in [3.8, 4) is 6.07 Å². The lowest BCUT2D eigenvalue weighted by Gasteiger charge is -1.99.